The van der Waals surface area contributed by atoms with Gasteiger partial charge in [0.1, 0.15) is 23.0 Å². The van der Waals surface area contributed by atoms with E-state index in [4.69, 9.17) is 18.9 Å². The van der Waals surface area contributed by atoms with Gasteiger partial charge in [-0.25, -0.2) is 19.2 Å². The van der Waals surface area contributed by atoms with E-state index in [0.29, 0.717) is 33.4 Å². The van der Waals surface area contributed by atoms with Crippen LogP contribution in [0.5, 0.6) is 23.0 Å². The van der Waals surface area contributed by atoms with Gasteiger partial charge in [-0.1, -0.05) is 49.6 Å². The molecule has 0 aliphatic rings. The maximum absolute atomic E-state index is 12.6. The lowest BCUT2D eigenvalue weighted by Crippen LogP contribution is -2.10. The minimum absolute atomic E-state index is 0.182. The van der Waals surface area contributed by atoms with Gasteiger partial charge < -0.3 is 18.9 Å². The Morgan fingerprint density at radius 3 is 1.24 bits per heavy atom. The summed E-state index contributed by atoms with van der Waals surface area (Å²) in [5.41, 5.74) is 3.34. The number of hydrogen-bond donors (Lipinski definition) is 0. The van der Waals surface area contributed by atoms with Gasteiger partial charge in [0.25, 0.3) is 0 Å². The van der Waals surface area contributed by atoms with Gasteiger partial charge in [0, 0.05) is 46.6 Å². The zero-order valence-electron chi connectivity index (χ0n) is 23.8. The molecule has 3 aromatic rings. The van der Waals surface area contributed by atoms with E-state index in [-0.39, 0.29) is 23.0 Å². The molecule has 3 aromatic carbocycles. The average Bonchev–Trinajstić information content (AvgIpc) is 3.00. The molecule has 0 aliphatic carbocycles. The van der Waals surface area contributed by atoms with Crippen LogP contribution in [0.3, 0.4) is 0 Å². The summed E-state index contributed by atoms with van der Waals surface area (Å²) in [6.45, 7) is 13.5. The molecular weight excluding hydrogens is 536 g/mol. The van der Waals surface area contributed by atoms with Crippen LogP contribution in [0.2, 0.25) is 0 Å². The summed E-state index contributed by atoms with van der Waals surface area (Å²) < 4.78 is 21.7. The highest BCUT2D eigenvalue weighted by molar-refractivity contribution is 5.92. The van der Waals surface area contributed by atoms with Crippen LogP contribution in [0.25, 0.3) is 22.3 Å². The zero-order chi connectivity index (χ0) is 30.8. The van der Waals surface area contributed by atoms with Gasteiger partial charge in [-0.15, -0.1) is 0 Å². The maximum atomic E-state index is 12.6. The molecule has 8 nitrogen and oxygen atoms in total. The molecule has 42 heavy (non-hydrogen) atoms. The second-order valence-corrected chi connectivity index (χ2v) is 8.87. The Morgan fingerprint density at radius 2 is 0.929 bits per heavy atom. The van der Waals surface area contributed by atoms with Crippen molar-refractivity contribution in [2.75, 3.05) is 0 Å². The minimum atomic E-state index is -0.652. The largest absolute Gasteiger partial charge is 0.423 e. The fraction of sp³-hybridized carbons (Fsp3) is 0.118. The Balaban J connectivity index is 2.04. The highest BCUT2D eigenvalue weighted by atomic mass is 16.6. The smallest absolute Gasteiger partial charge is 0.338 e. The van der Waals surface area contributed by atoms with Crippen LogP contribution in [-0.4, -0.2) is 23.9 Å². The summed E-state index contributed by atoms with van der Waals surface area (Å²) in [4.78, 5) is 48.6. The molecule has 0 saturated carbocycles. The number of benzene rings is 3. The predicted molar refractivity (Wildman–Crippen MR) is 159 cm³/mol. The molecule has 0 unspecified atom stereocenters. The lowest BCUT2D eigenvalue weighted by Gasteiger charge is -2.14. The number of rotatable bonds is 10. The highest BCUT2D eigenvalue weighted by Crippen LogP contribution is 2.38. The zero-order valence-corrected chi connectivity index (χ0v) is 23.8. The Kier molecular flexibility index (Phi) is 10.5. The van der Waals surface area contributed by atoms with Gasteiger partial charge in [0.2, 0.25) is 0 Å². The fourth-order valence-corrected chi connectivity index (χ4v) is 3.52. The van der Waals surface area contributed by atoms with Crippen LogP contribution in [0.1, 0.15) is 27.7 Å². The summed E-state index contributed by atoms with van der Waals surface area (Å²) in [6.07, 6.45) is 5.32. The molecule has 0 aliphatic heterocycles. The van der Waals surface area contributed by atoms with E-state index in [1.54, 1.807) is 88.4 Å². The first-order valence-electron chi connectivity index (χ1n) is 12.9. The van der Waals surface area contributed by atoms with Crippen LogP contribution >= 0.6 is 0 Å². The van der Waals surface area contributed by atoms with Gasteiger partial charge >= 0.3 is 23.9 Å². The number of esters is 4. The number of carbonyl (C=O) groups excluding carboxylic acids is 4. The summed E-state index contributed by atoms with van der Waals surface area (Å²) in [5.74, 6) is -1.67. The number of carbonyl (C=O) groups is 4. The summed E-state index contributed by atoms with van der Waals surface area (Å²) >= 11 is 0. The fourth-order valence-electron chi connectivity index (χ4n) is 3.52. The molecule has 0 heterocycles. The van der Waals surface area contributed by atoms with Crippen molar-refractivity contribution in [2.45, 2.75) is 27.7 Å². The third kappa shape index (κ3) is 7.79. The number of allylic oxidation sites excluding steroid dienone is 2. The molecule has 0 radical (unpaired) electrons. The van der Waals surface area contributed by atoms with Crippen molar-refractivity contribution in [3.63, 3.8) is 0 Å². The van der Waals surface area contributed by atoms with Gasteiger partial charge in [-0.2, -0.15) is 0 Å². The second-order valence-electron chi connectivity index (χ2n) is 8.87. The lowest BCUT2D eigenvalue weighted by atomic mass is 9.99. The van der Waals surface area contributed by atoms with Crippen molar-refractivity contribution in [1.82, 2.24) is 0 Å². The van der Waals surface area contributed by atoms with Gasteiger partial charge in [0.15, 0.2) is 0 Å². The third-order valence-corrected chi connectivity index (χ3v) is 6.10. The molecule has 0 amide bonds. The average molecular weight is 567 g/mol. The van der Waals surface area contributed by atoms with Gasteiger partial charge in [-0.05, 0) is 63.1 Å². The van der Waals surface area contributed by atoms with Crippen LogP contribution in [0.4, 0.5) is 0 Å². The number of hydrogen-bond acceptors (Lipinski definition) is 8. The van der Waals surface area contributed by atoms with Crippen molar-refractivity contribution in [2.24, 2.45) is 0 Å². The monoisotopic (exact) mass is 566 g/mol. The molecule has 0 fully saturated rings. The van der Waals surface area contributed by atoms with Crippen molar-refractivity contribution in [3.05, 3.63) is 109 Å². The standard InChI is InChI=1S/C34H30O8/c1-7-21(5)33(37)41-29-19-25(39-31(35)9-3)15-17-27(29)23-11-13-24(14-12-23)28-18-16-26(40-32(36)10-4)20-30(28)42-34(38)22(6)8-2/h7-20H,3-4H2,1-2,5-6H3/b21-7+,22-8+. The molecule has 0 N–H and O–H groups in total. The molecule has 0 atom stereocenters. The van der Waals surface area contributed by atoms with Crippen LogP contribution in [0.15, 0.2) is 109 Å². The van der Waals surface area contributed by atoms with Crippen molar-refractivity contribution < 1.29 is 38.1 Å². The minimum Gasteiger partial charge on any atom is -0.423 e. The van der Waals surface area contributed by atoms with E-state index in [2.05, 4.69) is 13.2 Å². The Morgan fingerprint density at radius 1 is 0.571 bits per heavy atom. The molecule has 3 rings (SSSR count). The van der Waals surface area contributed by atoms with E-state index < -0.39 is 23.9 Å². The summed E-state index contributed by atoms with van der Waals surface area (Å²) in [7, 11) is 0. The van der Waals surface area contributed by atoms with Crippen LogP contribution in [-0.2, 0) is 19.2 Å². The molecule has 0 saturated heterocycles. The Bertz CT molecular complexity index is 1490. The summed E-state index contributed by atoms with van der Waals surface area (Å²) in [6, 6.07) is 16.6. The topological polar surface area (TPSA) is 105 Å². The molecule has 214 valence electrons. The first-order valence-corrected chi connectivity index (χ1v) is 12.9. The quantitative estimate of drug-likeness (QED) is 0.148. The second kappa shape index (κ2) is 14.2. The molecule has 8 heteroatoms. The summed E-state index contributed by atoms with van der Waals surface area (Å²) in [5, 5.41) is 0. The normalized spacial score (nSPS) is 11.2. The SMILES string of the molecule is C=CC(=O)Oc1ccc(-c2ccc(-c3ccc(OC(=O)C=C)cc3OC(=O)/C(C)=C/C)cc2)c(OC(=O)/C(C)=C/C)c1. The van der Waals surface area contributed by atoms with Gasteiger partial charge in [-0.3, -0.25) is 0 Å². The molecular formula is C34H30O8. The van der Waals surface area contributed by atoms with Crippen molar-refractivity contribution in [3.8, 4) is 45.3 Å². The Labute approximate surface area is 244 Å². The number of ether oxygens (including phenoxy) is 4. The maximum Gasteiger partial charge on any atom is 0.338 e. The molecule has 0 spiro atoms. The Hall–Kier alpha value is -5.50. The van der Waals surface area contributed by atoms with E-state index in [1.807, 2.05) is 0 Å². The van der Waals surface area contributed by atoms with Crippen molar-refractivity contribution in [1.29, 1.82) is 0 Å². The first-order chi connectivity index (χ1) is 20.1. The predicted octanol–water partition coefficient (Wildman–Crippen LogP) is 6.95. The van der Waals surface area contributed by atoms with Crippen LogP contribution < -0.4 is 18.9 Å². The molecule has 0 aromatic heterocycles. The molecule has 0 bridgehead atoms. The lowest BCUT2D eigenvalue weighted by molar-refractivity contribution is -0.131. The third-order valence-electron chi connectivity index (χ3n) is 6.10. The van der Waals surface area contributed by atoms with Gasteiger partial charge in [0.05, 0.1) is 0 Å². The van der Waals surface area contributed by atoms with Crippen LogP contribution in [0, 0.1) is 0 Å². The first kappa shape index (κ1) is 31.0. The van der Waals surface area contributed by atoms with E-state index in [1.165, 1.54) is 12.1 Å². The van der Waals surface area contributed by atoms with Crippen molar-refractivity contribution >= 4 is 23.9 Å². The van der Waals surface area contributed by atoms with E-state index in [9.17, 15) is 19.2 Å². The van der Waals surface area contributed by atoms with E-state index >= 15 is 0 Å². The van der Waals surface area contributed by atoms with E-state index in [0.717, 1.165) is 12.2 Å². The highest BCUT2D eigenvalue weighted by Gasteiger charge is 2.17.